The van der Waals surface area contributed by atoms with Gasteiger partial charge in [0.2, 0.25) is 5.91 Å². The third-order valence-corrected chi connectivity index (χ3v) is 6.89. The fourth-order valence-corrected chi connectivity index (χ4v) is 4.99. The zero-order valence-corrected chi connectivity index (χ0v) is 20.5. The number of aromatic nitrogens is 1. The highest BCUT2D eigenvalue weighted by Gasteiger charge is 2.37. The Morgan fingerprint density at radius 2 is 1.61 bits per heavy atom. The molecule has 0 spiro atoms. The molecule has 2 aromatic carbocycles. The van der Waals surface area contributed by atoms with Gasteiger partial charge in [0.25, 0.3) is 11.8 Å². The molecule has 1 aliphatic heterocycles. The molecule has 0 radical (unpaired) electrons. The fraction of sp³-hybridized carbons (Fsp3) is 0.333. The summed E-state index contributed by atoms with van der Waals surface area (Å²) in [6, 6.07) is 12.6. The molecule has 0 saturated carbocycles. The first-order valence-corrected chi connectivity index (χ1v) is 11.6. The highest BCUT2D eigenvalue weighted by Crippen LogP contribution is 2.31. The number of rotatable bonds is 8. The number of benzene rings is 2. The van der Waals surface area contributed by atoms with Crippen molar-refractivity contribution in [2.24, 2.45) is 0 Å². The normalized spacial score (nSPS) is 12.9. The number of carbonyl (C=O) groups is 3. The van der Waals surface area contributed by atoms with Gasteiger partial charge in [0.1, 0.15) is 6.54 Å². The van der Waals surface area contributed by atoms with E-state index in [-0.39, 0.29) is 24.9 Å². The van der Waals surface area contributed by atoms with E-state index in [4.69, 9.17) is 4.98 Å². The second-order valence-electron chi connectivity index (χ2n) is 7.73. The number of likely N-dealkylation sites (N-methyl/N-ethyl adjacent to an activating group) is 1. The Morgan fingerprint density at radius 1 is 0.970 bits per heavy atom. The first-order chi connectivity index (χ1) is 15.4. The van der Waals surface area contributed by atoms with Gasteiger partial charge >= 0.3 is 0 Å². The van der Waals surface area contributed by atoms with Crippen LogP contribution in [0.1, 0.15) is 40.1 Å². The number of anilines is 1. The first-order valence-electron chi connectivity index (χ1n) is 10.8. The Balaban J connectivity index is 0.00000306. The first kappa shape index (κ1) is 24.8. The number of imide groups is 1. The monoisotopic (exact) mass is 486 g/mol. The second kappa shape index (κ2) is 10.4. The van der Waals surface area contributed by atoms with Crippen molar-refractivity contribution >= 4 is 56.8 Å². The molecule has 0 fully saturated rings. The number of fused-ring (bicyclic) bond motifs is 2. The Bertz CT molecular complexity index is 1160. The number of amides is 3. The molecule has 9 heteroatoms. The van der Waals surface area contributed by atoms with E-state index in [2.05, 4.69) is 18.7 Å². The van der Waals surface area contributed by atoms with Gasteiger partial charge in [-0.1, -0.05) is 49.4 Å². The van der Waals surface area contributed by atoms with Gasteiger partial charge in [0, 0.05) is 13.1 Å². The lowest BCUT2D eigenvalue weighted by Crippen LogP contribution is -2.45. The predicted octanol–water partition coefficient (Wildman–Crippen LogP) is 4.00. The zero-order chi connectivity index (χ0) is 22.8. The lowest BCUT2D eigenvalue weighted by Gasteiger charge is -2.26. The van der Waals surface area contributed by atoms with Crippen LogP contribution in [0.5, 0.6) is 0 Å². The number of nitrogens with zero attached hydrogens (tertiary/aromatic N) is 4. The van der Waals surface area contributed by atoms with E-state index >= 15 is 0 Å². The van der Waals surface area contributed by atoms with Crippen molar-refractivity contribution < 1.29 is 14.4 Å². The molecule has 0 aliphatic carbocycles. The minimum atomic E-state index is -0.428. The average Bonchev–Trinajstić information content (AvgIpc) is 3.33. The van der Waals surface area contributed by atoms with E-state index in [0.29, 0.717) is 29.3 Å². The molecule has 0 unspecified atom stereocenters. The van der Waals surface area contributed by atoms with Crippen LogP contribution >= 0.6 is 23.7 Å². The second-order valence-corrected chi connectivity index (χ2v) is 8.74. The minimum absolute atomic E-state index is 0. The Kier molecular flexibility index (Phi) is 7.84. The van der Waals surface area contributed by atoms with Gasteiger partial charge in [-0.3, -0.25) is 24.2 Å². The van der Waals surface area contributed by atoms with Crippen LogP contribution in [0.25, 0.3) is 10.2 Å². The SMILES string of the molecule is CCN(CC)CCN(C(=O)CN1C(=O)c2ccccc2C1=O)c1nc2c(C)cccc2s1.Cl. The number of hydrogen-bond donors (Lipinski definition) is 0. The number of carbonyl (C=O) groups excluding carboxylic acids is 3. The number of aryl methyl sites for hydroxylation is 1. The van der Waals surface area contributed by atoms with Gasteiger partial charge in [-0.2, -0.15) is 0 Å². The maximum Gasteiger partial charge on any atom is 0.262 e. The Morgan fingerprint density at radius 3 is 2.18 bits per heavy atom. The van der Waals surface area contributed by atoms with E-state index in [9.17, 15) is 14.4 Å². The van der Waals surface area contributed by atoms with Crippen LogP contribution in [-0.4, -0.2) is 65.2 Å². The summed E-state index contributed by atoms with van der Waals surface area (Å²) in [6.07, 6.45) is 0. The van der Waals surface area contributed by atoms with Gasteiger partial charge in [0.05, 0.1) is 21.3 Å². The molecule has 3 aromatic rings. The molecule has 174 valence electrons. The molecule has 33 heavy (non-hydrogen) atoms. The highest BCUT2D eigenvalue weighted by molar-refractivity contribution is 7.22. The van der Waals surface area contributed by atoms with Crippen molar-refractivity contribution in [1.82, 2.24) is 14.8 Å². The summed E-state index contributed by atoms with van der Waals surface area (Å²) in [5, 5.41) is 0.586. The molecule has 4 rings (SSSR count). The Hall–Kier alpha value is -2.81. The van der Waals surface area contributed by atoms with Crippen LogP contribution in [0.4, 0.5) is 5.13 Å². The van der Waals surface area contributed by atoms with E-state index in [1.807, 2.05) is 25.1 Å². The van der Waals surface area contributed by atoms with Crippen molar-refractivity contribution in [3.63, 3.8) is 0 Å². The van der Waals surface area contributed by atoms with Crippen molar-refractivity contribution in [1.29, 1.82) is 0 Å². The highest BCUT2D eigenvalue weighted by atomic mass is 35.5. The van der Waals surface area contributed by atoms with Gasteiger partial charge < -0.3 is 4.90 Å². The molecule has 0 saturated heterocycles. The molecule has 0 bridgehead atoms. The van der Waals surface area contributed by atoms with Crippen LogP contribution in [0.3, 0.4) is 0 Å². The van der Waals surface area contributed by atoms with Crippen molar-refractivity contribution in [2.45, 2.75) is 20.8 Å². The summed E-state index contributed by atoms with van der Waals surface area (Å²) in [4.78, 5) is 48.5. The standard InChI is InChI=1S/C24H26N4O3S.ClH/c1-4-26(5-2)13-14-27(24-25-21-16(3)9-8-12-19(21)32-24)20(29)15-28-22(30)17-10-6-7-11-18(17)23(28)31;/h6-12H,4-5,13-15H2,1-3H3;1H. The maximum atomic E-state index is 13.4. The third kappa shape index (κ3) is 4.78. The van der Waals surface area contributed by atoms with Crippen LogP contribution in [-0.2, 0) is 4.79 Å². The molecule has 0 N–H and O–H groups in total. The van der Waals surface area contributed by atoms with Crippen molar-refractivity contribution in [2.75, 3.05) is 37.6 Å². The summed E-state index contributed by atoms with van der Waals surface area (Å²) >= 11 is 1.45. The maximum absolute atomic E-state index is 13.4. The lowest BCUT2D eigenvalue weighted by atomic mass is 10.1. The van der Waals surface area contributed by atoms with Gasteiger partial charge in [-0.25, -0.2) is 4.98 Å². The van der Waals surface area contributed by atoms with Crippen LogP contribution in [0.2, 0.25) is 0 Å². The number of para-hydroxylation sites is 1. The third-order valence-electron chi connectivity index (χ3n) is 5.85. The molecule has 1 aliphatic rings. The molecular weight excluding hydrogens is 460 g/mol. The minimum Gasteiger partial charge on any atom is -0.302 e. The zero-order valence-electron chi connectivity index (χ0n) is 18.9. The summed E-state index contributed by atoms with van der Waals surface area (Å²) in [5.74, 6) is -1.17. The van der Waals surface area contributed by atoms with Crippen LogP contribution in [0, 0.1) is 6.92 Å². The van der Waals surface area contributed by atoms with Crippen molar-refractivity contribution in [3.8, 4) is 0 Å². The van der Waals surface area contributed by atoms with E-state index < -0.39 is 11.8 Å². The summed E-state index contributed by atoms with van der Waals surface area (Å²) in [7, 11) is 0. The van der Waals surface area contributed by atoms with Crippen LogP contribution in [0.15, 0.2) is 42.5 Å². The molecule has 3 amide bonds. The fourth-order valence-electron chi connectivity index (χ4n) is 3.90. The molecule has 0 atom stereocenters. The topological polar surface area (TPSA) is 73.8 Å². The van der Waals surface area contributed by atoms with Gasteiger partial charge in [0.15, 0.2) is 5.13 Å². The van der Waals surface area contributed by atoms with E-state index in [1.54, 1.807) is 29.2 Å². The number of halogens is 1. The molecule has 7 nitrogen and oxygen atoms in total. The van der Waals surface area contributed by atoms with E-state index in [0.717, 1.165) is 33.8 Å². The summed E-state index contributed by atoms with van der Waals surface area (Å²) in [5.41, 5.74) is 2.60. The summed E-state index contributed by atoms with van der Waals surface area (Å²) in [6.45, 7) is 8.70. The van der Waals surface area contributed by atoms with Crippen molar-refractivity contribution in [3.05, 3.63) is 59.2 Å². The molecule has 1 aromatic heterocycles. The predicted molar refractivity (Wildman–Crippen MR) is 134 cm³/mol. The Labute approximate surface area is 203 Å². The average molecular weight is 487 g/mol. The quantitative estimate of drug-likeness (QED) is 0.450. The van der Waals surface area contributed by atoms with Gasteiger partial charge in [-0.15, -0.1) is 12.4 Å². The number of hydrogen-bond acceptors (Lipinski definition) is 6. The smallest absolute Gasteiger partial charge is 0.262 e. The largest absolute Gasteiger partial charge is 0.302 e. The van der Waals surface area contributed by atoms with Gasteiger partial charge in [-0.05, 0) is 43.8 Å². The lowest BCUT2D eigenvalue weighted by molar-refractivity contribution is -0.119. The van der Waals surface area contributed by atoms with E-state index in [1.165, 1.54) is 11.3 Å². The van der Waals surface area contributed by atoms with Crippen LogP contribution < -0.4 is 4.90 Å². The molecule has 2 heterocycles. The number of thiazole rings is 1. The summed E-state index contributed by atoms with van der Waals surface area (Å²) < 4.78 is 1.00. The molecular formula is C24H27ClN4O3S.